The fourth-order valence-corrected chi connectivity index (χ4v) is 10.7. The van der Waals surface area contributed by atoms with Crippen LogP contribution in [0.25, 0.3) is 0 Å². The lowest BCUT2D eigenvalue weighted by Gasteiger charge is -2.46. The summed E-state index contributed by atoms with van der Waals surface area (Å²) in [5, 5.41) is 87.4. The number of carbonyl (C=O) groups excluding carboxylic acids is 1. The van der Waals surface area contributed by atoms with Gasteiger partial charge in [0.1, 0.15) is 48.8 Å². The average Bonchev–Trinajstić information content (AvgIpc) is 3.44. The molecule has 14 nitrogen and oxygen atoms in total. The summed E-state index contributed by atoms with van der Waals surface area (Å²) in [5.74, 6) is -0.211. The number of aliphatic hydroxyl groups is 8. The van der Waals surface area contributed by atoms with Crippen LogP contribution in [-0.2, 0) is 23.7 Å². The maximum atomic E-state index is 13.3. The van der Waals surface area contributed by atoms with E-state index in [2.05, 4.69) is 43.5 Å². The third-order valence-electron chi connectivity index (χ3n) is 15.9. The van der Waals surface area contributed by atoms with Crippen molar-refractivity contribution in [3.63, 3.8) is 0 Å². The predicted molar refractivity (Wildman–Crippen MR) is 309 cm³/mol. The summed E-state index contributed by atoms with van der Waals surface area (Å²) in [6.45, 7) is 2.86. The first-order chi connectivity index (χ1) is 37.6. The van der Waals surface area contributed by atoms with Gasteiger partial charge in [-0.2, -0.15) is 0 Å². The van der Waals surface area contributed by atoms with Crippen LogP contribution in [0.4, 0.5) is 0 Å². The van der Waals surface area contributed by atoms with Crippen LogP contribution in [0.3, 0.4) is 0 Å². The lowest BCUT2D eigenvalue weighted by atomic mass is 9.97. The molecule has 0 aromatic heterocycles. The standard InChI is InChI=1S/C63H119NO13/c1-3-5-7-9-11-13-15-17-19-21-22-23-24-25-26-27-28-29-31-32-34-36-38-40-42-44-46-52(67)51(64-55(68)47-45-43-41-39-37-35-33-30-20-18-16-14-12-10-8-6-4-2)50-74-62-60(73)58(71)61(54(49-66)76-62)77-63-59(72)57(70)56(69)53(48-65)75-63/h12,14,18,20,51-54,56-63,65-67,69-73H,3-11,13,15-17,19,21-50H2,1-2H3,(H,64,68)/b14-12-,20-18-. The Kier molecular flexibility index (Phi) is 45.7. The molecule has 1 amide bonds. The Labute approximate surface area is 468 Å². The van der Waals surface area contributed by atoms with E-state index in [0.717, 1.165) is 57.8 Å². The number of rotatable bonds is 52. The van der Waals surface area contributed by atoms with Gasteiger partial charge in [0.15, 0.2) is 12.6 Å². The van der Waals surface area contributed by atoms with Crippen LogP contribution in [0.2, 0.25) is 0 Å². The molecule has 0 aromatic carbocycles. The van der Waals surface area contributed by atoms with E-state index in [-0.39, 0.29) is 12.5 Å². The predicted octanol–water partition coefficient (Wildman–Crippen LogP) is 11.6. The molecule has 2 heterocycles. The molecule has 2 aliphatic heterocycles. The first kappa shape index (κ1) is 71.6. The number of amides is 1. The lowest BCUT2D eigenvalue weighted by molar-refractivity contribution is -0.359. The van der Waals surface area contributed by atoms with Gasteiger partial charge in [0.25, 0.3) is 0 Å². The number of nitrogens with one attached hydrogen (secondary N) is 1. The SMILES string of the molecule is CCCCC/C=C\C/C=C\CCCCCCCCCC(=O)NC(COC1OC(CO)C(OC2OC(CO)C(O)C(O)C2O)C(O)C1O)C(O)CCCCCCCCCCCCCCCCCCCCCCCCCCCC. The van der Waals surface area contributed by atoms with Crippen molar-refractivity contribution in [1.82, 2.24) is 5.32 Å². The maximum Gasteiger partial charge on any atom is 0.220 e. The van der Waals surface area contributed by atoms with Gasteiger partial charge in [0.2, 0.25) is 5.91 Å². The number of allylic oxidation sites excluding steroid dienone is 4. The van der Waals surface area contributed by atoms with Gasteiger partial charge in [0, 0.05) is 6.42 Å². The molecule has 2 rings (SSSR count). The highest BCUT2D eigenvalue weighted by Gasteiger charge is 2.51. The van der Waals surface area contributed by atoms with Crippen LogP contribution < -0.4 is 5.32 Å². The van der Waals surface area contributed by atoms with E-state index in [1.165, 1.54) is 186 Å². The molecule has 12 atom stereocenters. The van der Waals surface area contributed by atoms with E-state index < -0.39 is 86.8 Å². The summed E-state index contributed by atoms with van der Waals surface area (Å²) in [5.41, 5.74) is 0. The van der Waals surface area contributed by atoms with Gasteiger partial charge in [0.05, 0.1) is 32.0 Å². The Hall–Kier alpha value is -1.53. The van der Waals surface area contributed by atoms with Gasteiger partial charge >= 0.3 is 0 Å². The average molecular weight is 1100 g/mol. The second-order valence-electron chi connectivity index (χ2n) is 22.9. The molecule has 0 aliphatic carbocycles. The number of hydrogen-bond donors (Lipinski definition) is 9. The molecule has 2 aliphatic rings. The molecule has 0 radical (unpaired) electrons. The number of unbranched alkanes of at least 4 members (excludes halogenated alkanes) is 35. The van der Waals surface area contributed by atoms with Crippen molar-refractivity contribution in [3.05, 3.63) is 24.3 Å². The molecular weight excluding hydrogens is 979 g/mol. The van der Waals surface area contributed by atoms with Crippen molar-refractivity contribution in [2.75, 3.05) is 19.8 Å². The molecule has 0 spiro atoms. The highest BCUT2D eigenvalue weighted by Crippen LogP contribution is 2.30. The molecule has 454 valence electrons. The molecule has 0 saturated carbocycles. The number of ether oxygens (including phenoxy) is 4. The molecular formula is C63H119NO13. The first-order valence-electron chi connectivity index (χ1n) is 32.1. The summed E-state index contributed by atoms with van der Waals surface area (Å²) >= 11 is 0. The van der Waals surface area contributed by atoms with Gasteiger partial charge in [-0.25, -0.2) is 0 Å². The van der Waals surface area contributed by atoms with Crippen molar-refractivity contribution in [1.29, 1.82) is 0 Å². The molecule has 9 N–H and O–H groups in total. The smallest absolute Gasteiger partial charge is 0.220 e. The van der Waals surface area contributed by atoms with Crippen LogP contribution in [0.5, 0.6) is 0 Å². The molecule has 12 unspecified atom stereocenters. The fourth-order valence-electron chi connectivity index (χ4n) is 10.7. The van der Waals surface area contributed by atoms with Crippen molar-refractivity contribution in [2.24, 2.45) is 0 Å². The summed E-state index contributed by atoms with van der Waals surface area (Å²) in [4.78, 5) is 13.3. The minimum atomic E-state index is -1.78. The van der Waals surface area contributed by atoms with Crippen LogP contribution in [0, 0.1) is 0 Å². The zero-order chi connectivity index (χ0) is 56.0. The van der Waals surface area contributed by atoms with Gasteiger partial charge in [-0.3, -0.25) is 4.79 Å². The Bertz CT molecular complexity index is 1390. The molecule has 0 bridgehead atoms. The quantitative estimate of drug-likeness (QED) is 0.0204. The molecule has 2 saturated heterocycles. The summed E-state index contributed by atoms with van der Waals surface area (Å²) in [6.07, 6.45) is 41.8. The van der Waals surface area contributed by atoms with Gasteiger partial charge in [-0.15, -0.1) is 0 Å². The number of aliphatic hydroxyl groups excluding tert-OH is 8. The number of carbonyl (C=O) groups is 1. The van der Waals surface area contributed by atoms with E-state index in [4.69, 9.17) is 18.9 Å². The van der Waals surface area contributed by atoms with Gasteiger partial charge < -0.3 is 65.1 Å². The van der Waals surface area contributed by atoms with E-state index in [1.807, 2.05) is 0 Å². The normalized spacial score (nSPS) is 24.8. The van der Waals surface area contributed by atoms with Crippen LogP contribution in [-0.4, -0.2) is 140 Å². The van der Waals surface area contributed by atoms with Crippen molar-refractivity contribution < 1.29 is 64.6 Å². The molecule has 0 aromatic rings. The highest BCUT2D eigenvalue weighted by molar-refractivity contribution is 5.76. The molecule has 2 fully saturated rings. The monoisotopic (exact) mass is 1100 g/mol. The van der Waals surface area contributed by atoms with Crippen molar-refractivity contribution >= 4 is 5.91 Å². The second-order valence-corrected chi connectivity index (χ2v) is 22.9. The summed E-state index contributed by atoms with van der Waals surface area (Å²) in [7, 11) is 0. The van der Waals surface area contributed by atoms with Gasteiger partial charge in [-0.1, -0.05) is 250 Å². The zero-order valence-corrected chi connectivity index (χ0v) is 49.0. The van der Waals surface area contributed by atoms with E-state index in [0.29, 0.717) is 19.3 Å². The van der Waals surface area contributed by atoms with Crippen LogP contribution in [0.15, 0.2) is 24.3 Å². The van der Waals surface area contributed by atoms with E-state index in [9.17, 15) is 45.6 Å². The Morgan fingerprint density at radius 3 is 1.32 bits per heavy atom. The number of hydrogen-bond acceptors (Lipinski definition) is 13. The van der Waals surface area contributed by atoms with Crippen LogP contribution in [0.1, 0.15) is 277 Å². The Balaban J connectivity index is 1.70. The maximum absolute atomic E-state index is 13.3. The molecule has 14 heteroatoms. The van der Waals surface area contributed by atoms with Gasteiger partial charge in [-0.05, 0) is 44.9 Å². The fraction of sp³-hybridized carbons (Fsp3) is 0.921. The highest BCUT2D eigenvalue weighted by atomic mass is 16.7. The third kappa shape index (κ3) is 34.5. The second kappa shape index (κ2) is 49.1. The van der Waals surface area contributed by atoms with Crippen molar-refractivity contribution in [2.45, 2.75) is 351 Å². The van der Waals surface area contributed by atoms with E-state index >= 15 is 0 Å². The van der Waals surface area contributed by atoms with Crippen molar-refractivity contribution in [3.8, 4) is 0 Å². The minimum absolute atomic E-state index is 0.211. The summed E-state index contributed by atoms with van der Waals surface area (Å²) in [6, 6.07) is -0.832. The largest absolute Gasteiger partial charge is 0.394 e. The third-order valence-corrected chi connectivity index (χ3v) is 15.9. The minimum Gasteiger partial charge on any atom is -0.394 e. The van der Waals surface area contributed by atoms with Crippen LogP contribution >= 0.6 is 0 Å². The Morgan fingerprint density at radius 1 is 0.468 bits per heavy atom. The van der Waals surface area contributed by atoms with E-state index in [1.54, 1.807) is 0 Å². The summed E-state index contributed by atoms with van der Waals surface area (Å²) < 4.78 is 22.9. The Morgan fingerprint density at radius 2 is 0.857 bits per heavy atom. The first-order valence-corrected chi connectivity index (χ1v) is 32.1. The lowest BCUT2D eigenvalue weighted by Crippen LogP contribution is -2.65. The topological polar surface area (TPSA) is 228 Å². The molecule has 77 heavy (non-hydrogen) atoms. The zero-order valence-electron chi connectivity index (χ0n) is 49.0.